The summed E-state index contributed by atoms with van der Waals surface area (Å²) in [4.78, 5) is 13.4. The molecular weight excluding hydrogens is 154 g/mol. The van der Waals surface area contributed by atoms with E-state index in [-0.39, 0.29) is 5.56 Å². The predicted octanol–water partition coefficient (Wildman–Crippen LogP) is 1.72. The van der Waals surface area contributed by atoms with E-state index in [4.69, 9.17) is 4.74 Å². The van der Waals surface area contributed by atoms with Crippen LogP contribution in [0.5, 0.6) is 5.75 Å². The van der Waals surface area contributed by atoms with Crippen LogP contribution in [0.25, 0.3) is 0 Å². The van der Waals surface area contributed by atoms with Gasteiger partial charge in [0, 0.05) is 6.20 Å². The highest BCUT2D eigenvalue weighted by Crippen LogP contribution is 2.09. The van der Waals surface area contributed by atoms with Gasteiger partial charge < -0.3 is 9.72 Å². The molecule has 1 N–H and O–H groups in total. The number of H-pyrrole nitrogens is 1. The minimum atomic E-state index is -0.0978. The predicted molar refractivity (Wildman–Crippen MR) is 49.7 cm³/mol. The molecule has 0 aliphatic carbocycles. The van der Waals surface area contributed by atoms with Crippen LogP contribution in [0, 0.1) is 6.92 Å². The van der Waals surface area contributed by atoms with E-state index in [0.29, 0.717) is 11.3 Å². The molecule has 1 aromatic heterocycles. The van der Waals surface area contributed by atoms with Crippen molar-refractivity contribution in [1.29, 1.82) is 0 Å². The molecule has 0 aliphatic heterocycles. The largest absolute Gasteiger partial charge is 0.496 e. The molecule has 1 heterocycles. The van der Waals surface area contributed by atoms with Gasteiger partial charge in [0.05, 0.1) is 12.7 Å². The second-order valence-electron chi connectivity index (χ2n) is 2.00. The van der Waals surface area contributed by atoms with Crippen molar-refractivity contribution in [2.24, 2.45) is 0 Å². The maximum Gasteiger partial charge on any atom is 0.254 e. The van der Waals surface area contributed by atoms with Crippen molar-refractivity contribution in [3.63, 3.8) is 0 Å². The van der Waals surface area contributed by atoms with Gasteiger partial charge in [-0.05, 0) is 13.0 Å². The van der Waals surface area contributed by atoms with E-state index in [1.54, 1.807) is 26.3 Å². The highest BCUT2D eigenvalue weighted by molar-refractivity contribution is 5.28. The summed E-state index contributed by atoms with van der Waals surface area (Å²) in [6.07, 6.45) is 1.56. The minimum absolute atomic E-state index is 0.0978. The Bertz CT molecular complexity index is 278. The van der Waals surface area contributed by atoms with Crippen LogP contribution in [0.4, 0.5) is 0 Å². The Balaban J connectivity index is 0.000000561. The molecule has 68 valence electrons. The summed E-state index contributed by atoms with van der Waals surface area (Å²) in [7, 11) is 1.54. The average molecular weight is 169 g/mol. The van der Waals surface area contributed by atoms with E-state index in [9.17, 15) is 4.79 Å². The molecule has 3 nitrogen and oxygen atoms in total. The van der Waals surface area contributed by atoms with Gasteiger partial charge in [-0.25, -0.2) is 0 Å². The topological polar surface area (TPSA) is 42.1 Å². The minimum Gasteiger partial charge on any atom is -0.496 e. The van der Waals surface area contributed by atoms with E-state index in [1.165, 1.54) is 0 Å². The number of methoxy groups -OCH3 is 1. The van der Waals surface area contributed by atoms with Gasteiger partial charge in [-0.3, -0.25) is 4.79 Å². The lowest BCUT2D eigenvalue weighted by atomic mass is 10.3. The third-order valence-corrected chi connectivity index (χ3v) is 1.38. The number of pyridine rings is 1. The van der Waals surface area contributed by atoms with Crippen molar-refractivity contribution in [2.45, 2.75) is 20.8 Å². The van der Waals surface area contributed by atoms with E-state index in [1.807, 2.05) is 13.8 Å². The van der Waals surface area contributed by atoms with Crippen LogP contribution in [0.3, 0.4) is 0 Å². The van der Waals surface area contributed by atoms with Crippen LogP contribution in [0.15, 0.2) is 17.1 Å². The molecule has 1 aromatic rings. The molecule has 3 heteroatoms. The molecule has 0 saturated carbocycles. The fourth-order valence-corrected chi connectivity index (χ4v) is 0.759. The molecule has 0 amide bonds. The first-order valence-corrected chi connectivity index (χ1v) is 3.98. The fraction of sp³-hybridized carbons (Fsp3) is 0.444. The number of rotatable bonds is 1. The van der Waals surface area contributed by atoms with E-state index in [0.717, 1.165) is 0 Å². The summed E-state index contributed by atoms with van der Waals surface area (Å²) in [6, 6.07) is 1.72. The van der Waals surface area contributed by atoms with Crippen LogP contribution in [0.2, 0.25) is 0 Å². The maximum atomic E-state index is 10.9. The Labute approximate surface area is 72.4 Å². The lowest BCUT2D eigenvalue weighted by Gasteiger charge is -2.00. The summed E-state index contributed by atoms with van der Waals surface area (Å²) < 4.78 is 4.91. The highest BCUT2D eigenvalue weighted by atomic mass is 16.5. The molecule has 0 radical (unpaired) electrons. The third-order valence-electron chi connectivity index (χ3n) is 1.38. The summed E-state index contributed by atoms with van der Waals surface area (Å²) in [5, 5.41) is 0. The Kier molecular flexibility index (Phi) is 4.84. The molecule has 0 bridgehead atoms. The molecular formula is C9H15NO2. The number of hydrogen-bond acceptors (Lipinski definition) is 2. The molecule has 1 rings (SSSR count). The van der Waals surface area contributed by atoms with Gasteiger partial charge in [0.2, 0.25) is 0 Å². The average Bonchev–Trinajstić information content (AvgIpc) is 2.13. The van der Waals surface area contributed by atoms with E-state index in [2.05, 4.69) is 4.98 Å². The van der Waals surface area contributed by atoms with Crippen molar-refractivity contribution >= 4 is 0 Å². The monoisotopic (exact) mass is 169 g/mol. The summed E-state index contributed by atoms with van der Waals surface area (Å²) in [5.41, 5.74) is 0.518. The van der Waals surface area contributed by atoms with Gasteiger partial charge in [-0.2, -0.15) is 0 Å². The van der Waals surface area contributed by atoms with Crippen LogP contribution in [0.1, 0.15) is 19.4 Å². The van der Waals surface area contributed by atoms with Crippen LogP contribution in [-0.2, 0) is 0 Å². The van der Waals surface area contributed by atoms with Crippen molar-refractivity contribution in [1.82, 2.24) is 4.98 Å². The van der Waals surface area contributed by atoms with E-state index < -0.39 is 0 Å². The first kappa shape index (κ1) is 10.8. The highest BCUT2D eigenvalue weighted by Gasteiger charge is 1.98. The number of ether oxygens (including phenoxy) is 1. The molecule has 12 heavy (non-hydrogen) atoms. The molecule has 0 atom stereocenters. The van der Waals surface area contributed by atoms with Gasteiger partial charge in [-0.1, -0.05) is 13.8 Å². The first-order chi connectivity index (χ1) is 5.75. The number of aromatic nitrogens is 1. The van der Waals surface area contributed by atoms with Crippen LogP contribution >= 0.6 is 0 Å². The lowest BCUT2D eigenvalue weighted by Crippen LogP contribution is -2.09. The maximum absolute atomic E-state index is 10.9. The normalized spacial score (nSPS) is 8.33. The molecule has 0 aromatic carbocycles. The number of nitrogens with one attached hydrogen (secondary N) is 1. The zero-order valence-corrected chi connectivity index (χ0v) is 7.97. The zero-order chi connectivity index (χ0) is 9.56. The SMILES string of the molecule is CC.COc1cc[nH]c(=O)c1C. The Morgan fingerprint density at radius 1 is 1.42 bits per heavy atom. The number of aromatic amines is 1. The first-order valence-electron chi connectivity index (χ1n) is 3.98. The van der Waals surface area contributed by atoms with Crippen molar-refractivity contribution in [2.75, 3.05) is 7.11 Å². The van der Waals surface area contributed by atoms with E-state index >= 15 is 0 Å². The zero-order valence-electron chi connectivity index (χ0n) is 7.97. The Hall–Kier alpha value is -1.25. The van der Waals surface area contributed by atoms with Crippen molar-refractivity contribution in [3.05, 3.63) is 28.2 Å². The van der Waals surface area contributed by atoms with Gasteiger partial charge in [-0.15, -0.1) is 0 Å². The third kappa shape index (κ3) is 2.42. The Morgan fingerprint density at radius 2 is 2.00 bits per heavy atom. The van der Waals surface area contributed by atoms with Gasteiger partial charge in [0.1, 0.15) is 5.75 Å². The second-order valence-corrected chi connectivity index (χ2v) is 2.00. The van der Waals surface area contributed by atoms with Gasteiger partial charge >= 0.3 is 0 Å². The Morgan fingerprint density at radius 3 is 2.42 bits per heavy atom. The standard InChI is InChI=1S/C7H9NO2.C2H6/c1-5-6(10-2)3-4-8-7(5)9;1-2/h3-4H,1-2H3,(H,8,9);1-2H3. The fourth-order valence-electron chi connectivity index (χ4n) is 0.759. The molecule has 0 fully saturated rings. The second kappa shape index (κ2) is 5.41. The van der Waals surface area contributed by atoms with Crippen molar-refractivity contribution < 1.29 is 4.74 Å². The van der Waals surface area contributed by atoms with Crippen LogP contribution < -0.4 is 10.3 Å². The quantitative estimate of drug-likeness (QED) is 0.695. The molecule has 0 spiro atoms. The van der Waals surface area contributed by atoms with Gasteiger partial charge in [0.25, 0.3) is 5.56 Å². The number of hydrogen-bond donors (Lipinski definition) is 1. The molecule has 0 unspecified atom stereocenters. The lowest BCUT2D eigenvalue weighted by molar-refractivity contribution is 0.410. The molecule has 0 aliphatic rings. The summed E-state index contributed by atoms with van der Waals surface area (Å²) in [5.74, 6) is 0.628. The molecule has 0 saturated heterocycles. The van der Waals surface area contributed by atoms with Gasteiger partial charge in [0.15, 0.2) is 0 Å². The van der Waals surface area contributed by atoms with Crippen LogP contribution in [-0.4, -0.2) is 12.1 Å². The smallest absolute Gasteiger partial charge is 0.254 e. The summed E-state index contributed by atoms with van der Waals surface area (Å²) >= 11 is 0. The summed E-state index contributed by atoms with van der Waals surface area (Å²) in [6.45, 7) is 5.72. The van der Waals surface area contributed by atoms with Crippen molar-refractivity contribution in [3.8, 4) is 5.75 Å².